The van der Waals surface area contributed by atoms with Crippen LogP contribution < -0.4 is 0 Å². The number of H-pyrrole nitrogens is 1. The highest BCUT2D eigenvalue weighted by atomic mass is 15.1. The minimum Gasteiger partial charge on any atom is -0.340 e. The average molecular weight is 162 g/mol. The number of aromatic nitrogens is 4. The third-order valence-electron chi connectivity index (χ3n) is 1.74. The minimum absolute atomic E-state index is 0.819. The van der Waals surface area contributed by atoms with Crippen molar-refractivity contribution in [3.8, 4) is 11.6 Å². The highest BCUT2D eigenvalue weighted by molar-refractivity contribution is 5.43. The molecule has 0 fully saturated rings. The lowest BCUT2D eigenvalue weighted by Gasteiger charge is -1.95. The Hall–Kier alpha value is -1.58. The number of aromatic amines is 1. The summed E-state index contributed by atoms with van der Waals surface area (Å²) in [4.78, 5) is 11.5. The monoisotopic (exact) mass is 162 g/mol. The Morgan fingerprint density at radius 2 is 2.25 bits per heavy atom. The van der Waals surface area contributed by atoms with Gasteiger partial charge >= 0.3 is 0 Å². The lowest BCUT2D eigenvalue weighted by molar-refractivity contribution is 0.911. The van der Waals surface area contributed by atoms with E-state index in [1.165, 1.54) is 0 Å². The molecule has 2 rings (SSSR count). The lowest BCUT2D eigenvalue weighted by Crippen LogP contribution is -1.92. The number of nitrogens with zero attached hydrogens (tertiary/aromatic N) is 3. The van der Waals surface area contributed by atoms with Crippen LogP contribution in [0.2, 0.25) is 0 Å². The molecule has 12 heavy (non-hydrogen) atoms. The molecule has 0 saturated heterocycles. The van der Waals surface area contributed by atoms with Crippen LogP contribution in [-0.2, 0) is 7.05 Å². The molecule has 1 N–H and O–H groups in total. The summed E-state index contributed by atoms with van der Waals surface area (Å²) in [6, 6.07) is 0. The Kier molecular flexibility index (Phi) is 1.46. The van der Waals surface area contributed by atoms with E-state index in [9.17, 15) is 0 Å². The molecule has 0 aliphatic carbocycles. The van der Waals surface area contributed by atoms with Crippen molar-refractivity contribution < 1.29 is 0 Å². The topological polar surface area (TPSA) is 46.5 Å². The number of nitrogens with one attached hydrogen (secondary N) is 1. The van der Waals surface area contributed by atoms with E-state index in [4.69, 9.17) is 0 Å². The highest BCUT2D eigenvalue weighted by Gasteiger charge is 2.05. The zero-order valence-corrected chi connectivity index (χ0v) is 7.07. The molecule has 0 amide bonds. The van der Waals surface area contributed by atoms with Crippen molar-refractivity contribution in [3.63, 3.8) is 0 Å². The summed E-state index contributed by atoms with van der Waals surface area (Å²) < 4.78 is 1.93. The second-order valence-corrected chi connectivity index (χ2v) is 2.78. The van der Waals surface area contributed by atoms with Gasteiger partial charge in [0.1, 0.15) is 0 Å². The van der Waals surface area contributed by atoms with Gasteiger partial charge in [-0.1, -0.05) is 0 Å². The fraction of sp³-hybridized carbons (Fsp3) is 0.250. The maximum atomic E-state index is 4.18. The first-order valence-electron chi connectivity index (χ1n) is 3.76. The second kappa shape index (κ2) is 2.48. The zero-order valence-electron chi connectivity index (χ0n) is 7.07. The van der Waals surface area contributed by atoms with Crippen LogP contribution in [0.25, 0.3) is 11.6 Å². The van der Waals surface area contributed by atoms with E-state index in [0.29, 0.717) is 0 Å². The first kappa shape index (κ1) is 7.09. The van der Waals surface area contributed by atoms with Crippen LogP contribution in [-0.4, -0.2) is 19.5 Å². The van der Waals surface area contributed by atoms with Crippen molar-refractivity contribution >= 4 is 0 Å². The zero-order chi connectivity index (χ0) is 8.55. The van der Waals surface area contributed by atoms with Gasteiger partial charge < -0.3 is 9.55 Å². The largest absolute Gasteiger partial charge is 0.340 e. The van der Waals surface area contributed by atoms with Crippen molar-refractivity contribution in [2.45, 2.75) is 6.92 Å². The molecule has 0 spiro atoms. The van der Waals surface area contributed by atoms with Crippen molar-refractivity contribution in [1.82, 2.24) is 19.5 Å². The first-order valence-corrected chi connectivity index (χ1v) is 3.76. The first-order chi connectivity index (χ1) is 5.77. The van der Waals surface area contributed by atoms with Gasteiger partial charge in [-0.05, 0) is 6.92 Å². The van der Waals surface area contributed by atoms with E-state index in [0.717, 1.165) is 17.3 Å². The number of imidazole rings is 2. The van der Waals surface area contributed by atoms with Gasteiger partial charge in [-0.2, -0.15) is 0 Å². The Morgan fingerprint density at radius 1 is 1.42 bits per heavy atom. The molecule has 62 valence electrons. The molecule has 0 radical (unpaired) electrons. The molecule has 0 aliphatic heterocycles. The van der Waals surface area contributed by atoms with E-state index in [1.807, 2.05) is 24.7 Å². The maximum Gasteiger partial charge on any atom is 0.175 e. The molecule has 0 aromatic carbocycles. The van der Waals surface area contributed by atoms with Gasteiger partial charge in [0.15, 0.2) is 11.6 Å². The van der Waals surface area contributed by atoms with Crippen molar-refractivity contribution in [2.24, 2.45) is 7.05 Å². The lowest BCUT2D eigenvalue weighted by atomic mass is 10.5. The molecular formula is C8H10N4. The number of rotatable bonds is 1. The highest BCUT2D eigenvalue weighted by Crippen LogP contribution is 2.10. The molecule has 0 atom stereocenters. The van der Waals surface area contributed by atoms with Gasteiger partial charge in [0, 0.05) is 31.3 Å². The Labute approximate surface area is 70.3 Å². The molecule has 2 aromatic rings. The fourth-order valence-electron chi connectivity index (χ4n) is 1.12. The number of hydrogen-bond donors (Lipinski definition) is 1. The van der Waals surface area contributed by atoms with Crippen LogP contribution in [0.4, 0.5) is 0 Å². The van der Waals surface area contributed by atoms with Gasteiger partial charge in [-0.15, -0.1) is 0 Å². The summed E-state index contributed by atoms with van der Waals surface area (Å²) in [5.41, 5.74) is 1.05. The molecule has 0 saturated carbocycles. The molecule has 2 aromatic heterocycles. The quantitative estimate of drug-likeness (QED) is 0.683. The van der Waals surface area contributed by atoms with Crippen molar-refractivity contribution in [1.29, 1.82) is 0 Å². The maximum absolute atomic E-state index is 4.18. The van der Waals surface area contributed by atoms with E-state index in [-0.39, 0.29) is 0 Å². The standard InChI is InChI=1S/C8H10N4/c1-6-5-10-7(11-6)8-9-3-4-12(8)2/h3-5H,1-2H3,(H,10,11). The predicted molar refractivity (Wildman–Crippen MR) is 45.5 cm³/mol. The van der Waals surface area contributed by atoms with Crippen LogP contribution in [0.1, 0.15) is 5.69 Å². The SMILES string of the molecule is Cc1cnc(-c2nccn2C)[nH]1. The second-order valence-electron chi connectivity index (χ2n) is 2.78. The molecule has 0 unspecified atom stereocenters. The summed E-state index contributed by atoms with van der Waals surface area (Å²) >= 11 is 0. The molecule has 4 nitrogen and oxygen atoms in total. The van der Waals surface area contributed by atoms with Gasteiger partial charge in [0.25, 0.3) is 0 Å². The Bertz CT molecular complexity index is 385. The van der Waals surface area contributed by atoms with E-state index in [1.54, 1.807) is 12.4 Å². The van der Waals surface area contributed by atoms with Crippen LogP contribution in [0, 0.1) is 6.92 Å². The van der Waals surface area contributed by atoms with E-state index >= 15 is 0 Å². The van der Waals surface area contributed by atoms with E-state index in [2.05, 4.69) is 15.0 Å². The molecule has 0 aliphatic rings. The normalized spacial score (nSPS) is 10.5. The number of hydrogen-bond acceptors (Lipinski definition) is 2. The van der Waals surface area contributed by atoms with Crippen molar-refractivity contribution in [2.75, 3.05) is 0 Å². The third-order valence-corrected chi connectivity index (χ3v) is 1.74. The predicted octanol–water partition coefficient (Wildman–Crippen LogP) is 1.12. The summed E-state index contributed by atoms with van der Waals surface area (Å²) in [7, 11) is 1.94. The fourth-order valence-corrected chi connectivity index (χ4v) is 1.12. The van der Waals surface area contributed by atoms with Gasteiger partial charge in [0.05, 0.1) is 0 Å². The summed E-state index contributed by atoms with van der Waals surface area (Å²) in [6.07, 6.45) is 5.45. The Morgan fingerprint density at radius 3 is 2.75 bits per heavy atom. The Balaban J connectivity index is 2.50. The molecule has 2 heterocycles. The summed E-state index contributed by atoms with van der Waals surface area (Å²) in [6.45, 7) is 1.97. The minimum atomic E-state index is 0.819. The number of aryl methyl sites for hydroxylation is 2. The average Bonchev–Trinajstić information content (AvgIpc) is 2.58. The van der Waals surface area contributed by atoms with E-state index < -0.39 is 0 Å². The van der Waals surface area contributed by atoms with Crippen LogP contribution in [0.5, 0.6) is 0 Å². The molecule has 4 heteroatoms. The van der Waals surface area contributed by atoms with Crippen molar-refractivity contribution in [3.05, 3.63) is 24.3 Å². The smallest absolute Gasteiger partial charge is 0.175 e. The third kappa shape index (κ3) is 1.01. The van der Waals surface area contributed by atoms with Gasteiger partial charge in [0.2, 0.25) is 0 Å². The summed E-state index contributed by atoms with van der Waals surface area (Å²) in [5.74, 6) is 1.68. The van der Waals surface area contributed by atoms with Crippen LogP contribution >= 0.6 is 0 Å². The van der Waals surface area contributed by atoms with Crippen LogP contribution in [0.15, 0.2) is 18.6 Å². The van der Waals surface area contributed by atoms with Gasteiger partial charge in [-0.25, -0.2) is 9.97 Å². The molecular weight excluding hydrogens is 152 g/mol. The van der Waals surface area contributed by atoms with Crippen LogP contribution in [0.3, 0.4) is 0 Å². The summed E-state index contributed by atoms with van der Waals surface area (Å²) in [5, 5.41) is 0. The van der Waals surface area contributed by atoms with Gasteiger partial charge in [-0.3, -0.25) is 0 Å². The molecule has 0 bridgehead atoms.